The van der Waals surface area contributed by atoms with Crippen LogP contribution in [0.4, 0.5) is 17.6 Å². The number of amides is 2. The molecule has 1 aliphatic heterocycles. The fourth-order valence-corrected chi connectivity index (χ4v) is 4.42. The van der Waals surface area contributed by atoms with E-state index in [4.69, 9.17) is 0 Å². The normalized spacial score (nSPS) is 26.6. The largest absolute Gasteiger partial charge is 0.446 e. The molecule has 0 aromatic heterocycles. The second kappa shape index (κ2) is 7.71. The summed E-state index contributed by atoms with van der Waals surface area (Å²) in [5, 5.41) is 8.95. The highest BCUT2D eigenvalue weighted by Gasteiger charge is 2.48. The Kier molecular flexibility index (Phi) is 5.50. The number of nitrogens with one attached hydrogen (secondary N) is 3. The molecular formula is C20H23F4N3O2S. The summed E-state index contributed by atoms with van der Waals surface area (Å²) in [6.45, 7) is 1.95. The summed E-state index contributed by atoms with van der Waals surface area (Å²) in [5.41, 5.74) is -4.46. The molecule has 3 aliphatic rings. The Morgan fingerprint density at radius 2 is 2.00 bits per heavy atom. The number of benzene rings is 1. The molecule has 0 spiro atoms. The fraction of sp³-hybridized carbons (Fsp3) is 0.600. The zero-order valence-electron chi connectivity index (χ0n) is 16.3. The summed E-state index contributed by atoms with van der Waals surface area (Å²) in [6.07, 6.45) is 3.38. The molecule has 3 fully saturated rings. The summed E-state index contributed by atoms with van der Waals surface area (Å²) < 4.78 is 52.1. The molecule has 10 heteroatoms. The first-order valence-corrected chi connectivity index (χ1v) is 10.8. The zero-order chi connectivity index (χ0) is 21.7. The van der Waals surface area contributed by atoms with Crippen LogP contribution < -0.4 is 16.0 Å². The van der Waals surface area contributed by atoms with E-state index in [1.165, 1.54) is 6.07 Å². The van der Waals surface area contributed by atoms with Crippen molar-refractivity contribution in [2.45, 2.75) is 67.7 Å². The molecule has 1 aromatic rings. The maximum atomic E-state index is 14.3. The van der Waals surface area contributed by atoms with Crippen molar-refractivity contribution in [1.29, 1.82) is 0 Å². The minimum absolute atomic E-state index is 0.00795. The van der Waals surface area contributed by atoms with Crippen LogP contribution in [0.3, 0.4) is 0 Å². The quantitative estimate of drug-likeness (QED) is 0.462. The molecule has 164 valence electrons. The highest BCUT2D eigenvalue weighted by atomic mass is 32.2. The summed E-state index contributed by atoms with van der Waals surface area (Å²) in [7, 11) is 0. The molecule has 3 unspecified atom stereocenters. The smallest absolute Gasteiger partial charge is 0.347 e. The van der Waals surface area contributed by atoms with E-state index in [-0.39, 0.29) is 29.8 Å². The Bertz CT molecular complexity index is 855. The number of halogens is 4. The average Bonchev–Trinajstić information content (AvgIpc) is 3.56. The molecule has 0 radical (unpaired) electrons. The number of thioether (sulfide) groups is 1. The number of hydrogen-bond acceptors (Lipinski definition) is 4. The summed E-state index contributed by atoms with van der Waals surface area (Å²) in [6, 6.07) is 2.36. The van der Waals surface area contributed by atoms with Crippen molar-refractivity contribution in [3.8, 4) is 0 Å². The topological polar surface area (TPSA) is 70.2 Å². The molecule has 3 atom stereocenters. The lowest BCUT2D eigenvalue weighted by molar-refractivity contribution is -0.132. The summed E-state index contributed by atoms with van der Waals surface area (Å²) >= 11 is -0.500. The number of carbonyl (C=O) groups excluding carboxylic acids is 2. The van der Waals surface area contributed by atoms with Crippen molar-refractivity contribution >= 4 is 23.6 Å². The Morgan fingerprint density at radius 1 is 1.30 bits per heavy atom. The first-order chi connectivity index (χ1) is 14.0. The molecule has 5 nitrogen and oxygen atoms in total. The minimum Gasteiger partial charge on any atom is -0.347 e. The van der Waals surface area contributed by atoms with Gasteiger partial charge in [0, 0.05) is 0 Å². The van der Waals surface area contributed by atoms with Gasteiger partial charge in [0.2, 0.25) is 11.8 Å². The molecule has 1 heterocycles. The molecule has 1 aromatic carbocycles. The van der Waals surface area contributed by atoms with E-state index >= 15 is 0 Å². The zero-order valence-corrected chi connectivity index (χ0v) is 17.1. The van der Waals surface area contributed by atoms with Crippen LogP contribution >= 0.6 is 11.8 Å². The van der Waals surface area contributed by atoms with E-state index in [0.29, 0.717) is 11.5 Å². The van der Waals surface area contributed by atoms with Gasteiger partial charge in [0.25, 0.3) is 0 Å². The lowest BCUT2D eigenvalue weighted by Crippen LogP contribution is -2.61. The van der Waals surface area contributed by atoms with E-state index in [1.54, 1.807) is 0 Å². The van der Waals surface area contributed by atoms with Crippen LogP contribution in [-0.4, -0.2) is 29.5 Å². The third-order valence-corrected chi connectivity index (χ3v) is 6.82. The maximum Gasteiger partial charge on any atom is 0.446 e. The third kappa shape index (κ3) is 4.91. The Hall–Kier alpha value is -1.81. The van der Waals surface area contributed by atoms with Crippen molar-refractivity contribution in [3.05, 3.63) is 29.6 Å². The van der Waals surface area contributed by atoms with Crippen LogP contribution in [-0.2, 0) is 9.59 Å². The van der Waals surface area contributed by atoms with Crippen LogP contribution in [0.25, 0.3) is 0 Å². The SMILES string of the molecule is CC1(C(NC(=O)C2CC(=O)NC(C3CC3)N2)c2ccc(SC(F)(F)F)c(F)c2)CC1. The van der Waals surface area contributed by atoms with Gasteiger partial charge in [0.05, 0.1) is 29.6 Å². The number of hydrogen-bond donors (Lipinski definition) is 3. The Morgan fingerprint density at radius 3 is 2.57 bits per heavy atom. The predicted octanol–water partition coefficient (Wildman–Crippen LogP) is 3.61. The van der Waals surface area contributed by atoms with Crippen LogP contribution in [0, 0.1) is 17.2 Å². The number of rotatable bonds is 6. The van der Waals surface area contributed by atoms with Crippen LogP contribution in [0.1, 0.15) is 50.6 Å². The minimum atomic E-state index is -4.58. The van der Waals surface area contributed by atoms with Gasteiger partial charge < -0.3 is 10.6 Å². The van der Waals surface area contributed by atoms with Crippen LogP contribution in [0.15, 0.2) is 23.1 Å². The molecule has 2 amide bonds. The first-order valence-electron chi connectivity index (χ1n) is 9.95. The first kappa shape index (κ1) is 21.4. The molecule has 3 N–H and O–H groups in total. The lowest BCUT2D eigenvalue weighted by Gasteiger charge is -2.33. The van der Waals surface area contributed by atoms with Crippen molar-refractivity contribution < 1.29 is 27.2 Å². The van der Waals surface area contributed by atoms with Gasteiger partial charge in [-0.15, -0.1) is 0 Å². The molecular weight excluding hydrogens is 422 g/mol. The van der Waals surface area contributed by atoms with Crippen LogP contribution in [0.5, 0.6) is 0 Å². The second-order valence-corrected chi connectivity index (χ2v) is 9.75. The van der Waals surface area contributed by atoms with Crippen LogP contribution in [0.2, 0.25) is 0 Å². The Labute approximate surface area is 175 Å². The summed E-state index contributed by atoms with van der Waals surface area (Å²) in [4.78, 5) is 24.4. The van der Waals surface area contributed by atoms with E-state index in [1.807, 2.05) is 6.92 Å². The highest BCUT2D eigenvalue weighted by molar-refractivity contribution is 8.00. The van der Waals surface area contributed by atoms with E-state index in [9.17, 15) is 27.2 Å². The standard InChI is InChI=1S/C20H23F4N3O2S/c1-19(6-7-19)16(11-4-5-14(12(21)8-11)30-20(22,23)24)27-18(29)13-9-15(28)26-17(25-13)10-2-3-10/h4-5,8,10,13,16-17,25H,2-3,6-7,9H2,1H3,(H,26,28)(H,27,29). The van der Waals surface area contributed by atoms with Gasteiger partial charge in [0.1, 0.15) is 5.82 Å². The highest BCUT2D eigenvalue weighted by Crippen LogP contribution is 2.54. The molecule has 0 bridgehead atoms. The van der Waals surface area contributed by atoms with Gasteiger partial charge in [-0.1, -0.05) is 13.0 Å². The lowest BCUT2D eigenvalue weighted by atomic mass is 9.91. The second-order valence-electron chi connectivity index (χ2n) is 8.64. The van der Waals surface area contributed by atoms with Crippen molar-refractivity contribution in [3.63, 3.8) is 0 Å². The summed E-state index contributed by atoms with van der Waals surface area (Å²) in [5.74, 6) is -1.20. The maximum absolute atomic E-state index is 14.3. The van der Waals surface area contributed by atoms with E-state index < -0.39 is 40.1 Å². The van der Waals surface area contributed by atoms with Gasteiger partial charge >= 0.3 is 5.51 Å². The van der Waals surface area contributed by atoms with Crippen molar-refractivity contribution in [2.75, 3.05) is 0 Å². The van der Waals surface area contributed by atoms with E-state index in [0.717, 1.165) is 37.8 Å². The monoisotopic (exact) mass is 445 g/mol. The van der Waals surface area contributed by atoms with Gasteiger partial charge in [-0.25, -0.2) is 4.39 Å². The number of carbonyl (C=O) groups is 2. The fourth-order valence-electron chi connectivity index (χ4n) is 3.88. The van der Waals surface area contributed by atoms with Gasteiger partial charge in [0.15, 0.2) is 0 Å². The third-order valence-electron chi connectivity index (χ3n) is 6.03. The van der Waals surface area contributed by atoms with Gasteiger partial charge in [-0.3, -0.25) is 14.9 Å². The van der Waals surface area contributed by atoms with E-state index in [2.05, 4.69) is 16.0 Å². The van der Waals surface area contributed by atoms with Crippen molar-refractivity contribution in [1.82, 2.24) is 16.0 Å². The molecule has 2 saturated carbocycles. The van der Waals surface area contributed by atoms with Crippen molar-refractivity contribution in [2.24, 2.45) is 11.3 Å². The molecule has 2 aliphatic carbocycles. The predicted molar refractivity (Wildman–Crippen MR) is 103 cm³/mol. The van der Waals surface area contributed by atoms with Gasteiger partial charge in [-0.05, 0) is 66.5 Å². The van der Waals surface area contributed by atoms with Gasteiger partial charge in [-0.2, -0.15) is 13.2 Å². The Balaban J connectivity index is 1.50. The average molecular weight is 445 g/mol. The molecule has 30 heavy (non-hydrogen) atoms. The molecule has 4 rings (SSSR count). The molecule has 1 saturated heterocycles. The number of alkyl halides is 3.